The quantitative estimate of drug-likeness (QED) is 0.321. The molecule has 16 heavy (non-hydrogen) atoms. The van der Waals surface area contributed by atoms with E-state index in [-0.39, 0.29) is 0 Å². The molecule has 0 aromatic rings. The van der Waals surface area contributed by atoms with Gasteiger partial charge >= 0.3 is 21.8 Å². The summed E-state index contributed by atoms with van der Waals surface area (Å²) in [5.41, 5.74) is 0. The largest absolute Gasteiger partial charge is 3.00 e. The molecule has 0 aliphatic rings. The summed E-state index contributed by atoms with van der Waals surface area (Å²) in [6.07, 6.45) is 0. The van der Waals surface area contributed by atoms with Crippen molar-refractivity contribution in [1.82, 2.24) is 0 Å². The molecule has 0 bridgehead atoms. The van der Waals surface area contributed by atoms with Crippen LogP contribution in [-0.4, -0.2) is 21.8 Å². The minimum Gasteiger partial charge on any atom is -0.418 e. The Morgan fingerprint density at radius 2 is 0.312 bits per heavy atom. The summed E-state index contributed by atoms with van der Waals surface area (Å²) in [6, 6.07) is 0. The zero-order valence-electron chi connectivity index (χ0n) is 6.97. The van der Waals surface area contributed by atoms with Crippen molar-refractivity contribution in [2.45, 2.75) is 0 Å². The van der Waals surface area contributed by atoms with Crippen LogP contribution in [0.4, 0.5) is 51.8 Å². The van der Waals surface area contributed by atoms with Crippen molar-refractivity contribution in [3.05, 3.63) is 0 Å². The maximum absolute atomic E-state index is 9.75. The predicted molar refractivity (Wildman–Crippen MR) is 30.6 cm³/mol. The molecule has 0 saturated heterocycles. The summed E-state index contributed by atoms with van der Waals surface area (Å²) in [4.78, 5) is 0. The number of halogens is 12. The van der Waals surface area contributed by atoms with Gasteiger partial charge in [-0.25, -0.2) is 0 Å². The molecule has 0 spiro atoms. The van der Waals surface area contributed by atoms with Gasteiger partial charge in [0.2, 0.25) is 0 Å². The molecule has 0 heterocycles. The van der Waals surface area contributed by atoms with E-state index in [1.54, 1.807) is 0 Å². The summed E-state index contributed by atoms with van der Waals surface area (Å²) in [5, 5.41) is 0. The van der Waals surface area contributed by atoms with Crippen LogP contribution in [-0.2, 0) is 0 Å². The molecule has 0 nitrogen and oxygen atoms in total. The van der Waals surface area contributed by atoms with Gasteiger partial charge in [-0.15, -0.1) is 0 Å². The van der Waals surface area contributed by atoms with E-state index in [0.717, 1.165) is 0 Å². The van der Waals surface area contributed by atoms with Crippen molar-refractivity contribution in [1.29, 1.82) is 0 Å². The average Bonchev–Trinajstić information content (AvgIpc) is 1.41. The fourth-order valence-corrected chi connectivity index (χ4v) is 0. The fourth-order valence-electron chi connectivity index (χ4n) is 0. The van der Waals surface area contributed by atoms with Crippen molar-refractivity contribution >= 4 is 21.8 Å². The van der Waals surface area contributed by atoms with Crippen LogP contribution in [0.1, 0.15) is 0 Å². The normalized spacial score (nSPS) is 11.2. The van der Waals surface area contributed by atoms with Gasteiger partial charge < -0.3 is 51.8 Å². The van der Waals surface area contributed by atoms with Gasteiger partial charge in [-0.1, -0.05) is 0 Å². The summed E-state index contributed by atoms with van der Waals surface area (Å²) in [5.74, 6) is 0. The van der Waals surface area contributed by atoms with Gasteiger partial charge in [0, 0.05) is 0 Å². The second kappa shape index (κ2) is 7.62. The summed E-state index contributed by atoms with van der Waals surface area (Å²) < 4.78 is 117. The minimum absolute atomic E-state index is 0. The number of hydrogen-bond acceptors (Lipinski definition) is 0. The fraction of sp³-hybridized carbons (Fsp3) is 0. The van der Waals surface area contributed by atoms with Gasteiger partial charge in [0.15, 0.2) is 0 Å². The molecule has 0 aromatic carbocycles. The van der Waals surface area contributed by atoms with Crippen LogP contribution in [0.15, 0.2) is 0 Å². The SMILES string of the molecule is F[B-](F)(F)F.F[B-](F)(F)F.F[B-](F)(F)F.[Nh+3]. The Hall–Kier alpha value is -1.65. The van der Waals surface area contributed by atoms with E-state index in [4.69, 9.17) is 0 Å². The van der Waals surface area contributed by atoms with Gasteiger partial charge in [-0.2, -0.15) is 0 Å². The van der Waals surface area contributed by atoms with Gasteiger partial charge in [0.25, 0.3) is 0 Å². The van der Waals surface area contributed by atoms with Crippen LogP contribution in [0.3, 0.4) is 0 Å². The second-order valence-corrected chi connectivity index (χ2v) is 1.48. The molecule has 0 fully saturated rings. The smallest absolute Gasteiger partial charge is 0.418 e. The standard InChI is InChI=1S/3BF4.Nh/c3*2-1(3,4)5;/q3*-1;+3. The van der Waals surface area contributed by atoms with Crippen LogP contribution in [0, 0.1) is 0 Å². The second-order valence-electron chi connectivity index (χ2n) is 1.48. The van der Waals surface area contributed by atoms with Gasteiger partial charge in [0.1, 0.15) is 0 Å². The zero-order chi connectivity index (χ0) is 13.5. The van der Waals surface area contributed by atoms with Gasteiger partial charge in [-0.05, 0) is 0 Å². The van der Waals surface area contributed by atoms with E-state index in [9.17, 15) is 51.8 Å². The monoisotopic (exact) mass is 545 g/mol. The molecular weight excluding hydrogens is 544 g/mol. The van der Waals surface area contributed by atoms with Crippen LogP contribution < -0.4 is 0 Å². The Morgan fingerprint density at radius 3 is 0.312 bits per heavy atom. The Balaban J connectivity index is -0.0000000655. The van der Waals surface area contributed by atoms with Crippen LogP contribution in [0.2, 0.25) is 0 Å². The first kappa shape index (κ1) is 23.9. The summed E-state index contributed by atoms with van der Waals surface area (Å²) >= 11 is 0. The van der Waals surface area contributed by atoms with E-state index in [1.807, 2.05) is 0 Å². The molecule has 95 valence electrons. The maximum atomic E-state index is 9.75. The molecule has 0 unspecified atom stereocenters. The molecule has 0 aliphatic carbocycles. The molecule has 0 rings (SSSR count). The number of rotatable bonds is 0. The Morgan fingerprint density at radius 1 is 0.312 bits per heavy atom. The van der Waals surface area contributed by atoms with E-state index in [1.165, 1.54) is 0 Å². The molecule has 0 aliphatic heterocycles. The van der Waals surface area contributed by atoms with Crippen molar-refractivity contribution in [2.75, 3.05) is 0 Å². The van der Waals surface area contributed by atoms with E-state index >= 15 is 0 Å². The molecule has 0 amide bonds. The molecule has 0 saturated carbocycles. The van der Waals surface area contributed by atoms with E-state index in [2.05, 4.69) is 0 Å². The van der Waals surface area contributed by atoms with E-state index < -0.39 is 21.8 Å². The third-order valence-electron chi connectivity index (χ3n) is 0. The van der Waals surface area contributed by atoms with Gasteiger partial charge in [-0.3, -0.25) is 0 Å². The Labute approximate surface area is 74.9 Å². The van der Waals surface area contributed by atoms with Crippen molar-refractivity contribution in [3.8, 4) is 0 Å². The molecule has 16 heteroatoms. The third-order valence-corrected chi connectivity index (χ3v) is 0. The zero-order valence-corrected chi connectivity index (χ0v) is 13.7. The molecule has 0 aromatic heterocycles. The molecular formula is B3F12Nh. The number of hydrogen-bond donors (Lipinski definition) is 0. The Bertz CT molecular complexity index is 91.3. The summed E-state index contributed by atoms with van der Waals surface area (Å²) in [7, 11) is -18.0. The predicted octanol–water partition coefficient (Wildman–Crippen LogP) is 3.90. The minimum atomic E-state index is -6.00. The van der Waals surface area contributed by atoms with Gasteiger partial charge in [0.05, 0.1) is 0 Å². The molecule has 0 N–H and O–H groups in total. The van der Waals surface area contributed by atoms with Crippen LogP contribution in [0.5, 0.6) is 0 Å². The summed E-state index contributed by atoms with van der Waals surface area (Å²) in [6.45, 7) is 0. The maximum Gasteiger partial charge on any atom is 3.00 e. The molecule has 0 radical (unpaired) electrons. The van der Waals surface area contributed by atoms with Crippen molar-refractivity contribution < 1.29 is 51.8 Å². The molecule has 0 atom stereocenters. The topological polar surface area (TPSA) is 0 Å². The average molecular weight is 544 g/mol. The van der Waals surface area contributed by atoms with Crippen LogP contribution >= 0.6 is 0 Å². The van der Waals surface area contributed by atoms with E-state index in [0.29, 0.717) is 0 Å². The Kier molecular flexibility index (Phi) is 11.4. The van der Waals surface area contributed by atoms with Crippen LogP contribution in [0.25, 0.3) is 0 Å². The van der Waals surface area contributed by atoms with Crippen molar-refractivity contribution in [2.24, 2.45) is 0 Å². The first-order valence-corrected chi connectivity index (χ1v) is 2.62. The first-order chi connectivity index (χ1) is 6.00. The third kappa shape index (κ3) is 589. The van der Waals surface area contributed by atoms with Crippen molar-refractivity contribution in [3.63, 3.8) is 0 Å². The first-order valence-electron chi connectivity index (χ1n) is 2.62.